The van der Waals surface area contributed by atoms with E-state index in [4.69, 9.17) is 0 Å². The van der Waals surface area contributed by atoms with Gasteiger partial charge in [-0.15, -0.1) is 0 Å². The Morgan fingerprint density at radius 2 is 0.700 bits per heavy atom. The molecular weight excluding hydrogens is 480 g/mol. The molecule has 0 aliphatic carbocycles. The molecule has 0 nitrogen and oxygen atoms in total. The van der Waals surface area contributed by atoms with Crippen LogP contribution in [0.4, 0.5) is 0 Å². The molecule has 7 aromatic carbocycles. The molecule has 0 saturated heterocycles. The molecule has 0 radical (unpaired) electrons. The van der Waals surface area contributed by atoms with Crippen molar-refractivity contribution in [3.8, 4) is 33.4 Å². The molecule has 0 N–H and O–H groups in total. The van der Waals surface area contributed by atoms with Crippen molar-refractivity contribution in [2.75, 3.05) is 0 Å². The van der Waals surface area contributed by atoms with E-state index in [0.717, 1.165) is 0 Å². The molecule has 0 atom stereocenters. The monoisotopic (exact) mass is 508 g/mol. The van der Waals surface area contributed by atoms with Gasteiger partial charge in [0, 0.05) is 0 Å². The molecule has 7 aromatic rings. The fraction of sp³-hybridized carbons (Fsp3) is 0. The summed E-state index contributed by atoms with van der Waals surface area (Å²) in [6.07, 6.45) is 0. The first-order valence-corrected chi connectivity index (χ1v) is 13.8. The first kappa shape index (κ1) is 23.9. The Hall–Kier alpha value is -5.20. The molecule has 40 heavy (non-hydrogen) atoms. The summed E-state index contributed by atoms with van der Waals surface area (Å²) in [6.45, 7) is 0. The lowest BCUT2D eigenvalue weighted by molar-refractivity contribution is 1.64. The second-order valence-corrected chi connectivity index (χ2v) is 10.1. The van der Waals surface area contributed by atoms with E-state index in [-0.39, 0.29) is 0 Å². The summed E-state index contributed by atoms with van der Waals surface area (Å²) >= 11 is 0. The van der Waals surface area contributed by atoms with Gasteiger partial charge in [-0.1, -0.05) is 158 Å². The maximum atomic E-state index is 2.32. The van der Waals surface area contributed by atoms with Crippen molar-refractivity contribution in [1.29, 1.82) is 0 Å². The molecule has 0 saturated carbocycles. The van der Waals surface area contributed by atoms with Crippen LogP contribution in [0.25, 0.3) is 65.7 Å². The molecule has 0 bridgehead atoms. The first-order chi connectivity index (χ1) is 19.8. The van der Waals surface area contributed by atoms with E-state index in [1.54, 1.807) is 0 Å². The lowest BCUT2D eigenvalue weighted by Gasteiger charge is -2.12. The van der Waals surface area contributed by atoms with Crippen molar-refractivity contribution < 1.29 is 0 Å². The molecule has 188 valence electrons. The normalized spacial score (nSPS) is 11.0. The highest BCUT2D eigenvalue weighted by Crippen LogP contribution is 2.37. The fourth-order valence-corrected chi connectivity index (χ4v) is 5.73. The molecule has 0 amide bonds. The third kappa shape index (κ3) is 4.51. The molecule has 0 aromatic heterocycles. The summed E-state index contributed by atoms with van der Waals surface area (Å²) in [5.74, 6) is 0. The highest BCUT2D eigenvalue weighted by molar-refractivity contribution is 6.08. The van der Waals surface area contributed by atoms with E-state index in [2.05, 4.69) is 170 Å². The molecule has 0 heteroatoms. The summed E-state index contributed by atoms with van der Waals surface area (Å²) in [6, 6.07) is 61.2. The molecule has 0 aliphatic heterocycles. The zero-order valence-corrected chi connectivity index (χ0v) is 22.2. The maximum Gasteiger partial charge on any atom is -0.00990 e. The van der Waals surface area contributed by atoms with Crippen molar-refractivity contribution in [3.63, 3.8) is 0 Å². The third-order valence-corrected chi connectivity index (χ3v) is 7.70. The average molecular weight is 509 g/mol. The number of rotatable bonds is 3. The van der Waals surface area contributed by atoms with Crippen molar-refractivity contribution in [2.24, 2.45) is 0 Å². The van der Waals surface area contributed by atoms with Crippen LogP contribution in [0.2, 0.25) is 0 Å². The van der Waals surface area contributed by atoms with Gasteiger partial charge >= 0.3 is 0 Å². The zero-order valence-electron chi connectivity index (χ0n) is 22.2. The van der Waals surface area contributed by atoms with Crippen LogP contribution in [0.3, 0.4) is 0 Å². The second kappa shape index (κ2) is 10.5. The highest BCUT2D eigenvalue weighted by Gasteiger charge is 2.09. The van der Waals surface area contributed by atoms with E-state index >= 15 is 0 Å². The zero-order chi connectivity index (χ0) is 26.7. The Morgan fingerprint density at radius 3 is 1.48 bits per heavy atom. The highest BCUT2D eigenvalue weighted by atomic mass is 14.1. The van der Waals surface area contributed by atoms with Gasteiger partial charge in [-0.25, -0.2) is 0 Å². The van der Waals surface area contributed by atoms with Gasteiger partial charge in [0.1, 0.15) is 0 Å². The first-order valence-electron chi connectivity index (χ1n) is 13.8. The van der Waals surface area contributed by atoms with Crippen molar-refractivity contribution >= 4 is 32.3 Å². The molecule has 0 unspecified atom stereocenters. The summed E-state index contributed by atoms with van der Waals surface area (Å²) in [5, 5.41) is 7.44. The van der Waals surface area contributed by atoms with Gasteiger partial charge in [-0.3, -0.25) is 0 Å². The number of hydrogen-bond acceptors (Lipinski definition) is 0. The standard InChI is InChI=1S/C40H28/c1-2-7-19-39(38-22-12-16-30-15-8-9-18-35(30)38)40-21-11-10-20-37(40)36(17-6-1)34-26-25-32-27-31(23-24-33(32)28-34)29-13-4-3-5-14-29/h1-28H. The van der Waals surface area contributed by atoms with Crippen molar-refractivity contribution in [1.82, 2.24) is 0 Å². The topological polar surface area (TPSA) is 0 Å². The Kier molecular flexibility index (Phi) is 6.28. The minimum absolute atomic E-state index is 1.21. The van der Waals surface area contributed by atoms with Gasteiger partial charge in [0.2, 0.25) is 0 Å². The molecular formula is C40H28. The van der Waals surface area contributed by atoms with Crippen LogP contribution in [0.1, 0.15) is 0 Å². The Balaban J connectivity index is 1.47. The Bertz CT molecular complexity index is 2040. The Morgan fingerprint density at radius 1 is 0.225 bits per heavy atom. The molecule has 0 fully saturated rings. The van der Waals surface area contributed by atoms with Gasteiger partial charge < -0.3 is 0 Å². The molecule has 0 aliphatic rings. The lowest BCUT2D eigenvalue weighted by atomic mass is 9.92. The summed E-state index contributed by atoms with van der Waals surface area (Å²) in [5.41, 5.74) is 7.36. The van der Waals surface area contributed by atoms with E-state index < -0.39 is 0 Å². The van der Waals surface area contributed by atoms with Crippen molar-refractivity contribution in [2.45, 2.75) is 0 Å². The molecule has 0 heterocycles. The molecule has 7 rings (SSSR count). The lowest BCUT2D eigenvalue weighted by Crippen LogP contribution is -1.85. The minimum Gasteiger partial charge on any atom is -0.0622 e. The average Bonchev–Trinajstić information content (AvgIpc) is 3.03. The quantitative estimate of drug-likeness (QED) is 0.223. The van der Waals surface area contributed by atoms with Gasteiger partial charge in [0.05, 0.1) is 0 Å². The fourth-order valence-electron chi connectivity index (χ4n) is 5.73. The van der Waals surface area contributed by atoms with Gasteiger partial charge in [-0.05, 0) is 77.8 Å². The van der Waals surface area contributed by atoms with E-state index in [1.807, 2.05) is 0 Å². The summed E-state index contributed by atoms with van der Waals surface area (Å²) < 4.78 is 0. The van der Waals surface area contributed by atoms with E-state index in [0.29, 0.717) is 0 Å². The largest absolute Gasteiger partial charge is 0.0622 e. The van der Waals surface area contributed by atoms with E-state index in [9.17, 15) is 0 Å². The maximum absolute atomic E-state index is 2.32. The minimum atomic E-state index is 1.21. The van der Waals surface area contributed by atoms with Gasteiger partial charge in [-0.2, -0.15) is 0 Å². The van der Waals surface area contributed by atoms with Crippen LogP contribution < -0.4 is 0 Å². The number of hydrogen-bond donors (Lipinski definition) is 0. The molecule has 0 spiro atoms. The van der Waals surface area contributed by atoms with Crippen LogP contribution in [0.5, 0.6) is 0 Å². The van der Waals surface area contributed by atoms with Crippen LogP contribution in [0.15, 0.2) is 170 Å². The third-order valence-electron chi connectivity index (χ3n) is 7.70. The second-order valence-electron chi connectivity index (χ2n) is 10.1. The summed E-state index contributed by atoms with van der Waals surface area (Å²) in [7, 11) is 0. The van der Waals surface area contributed by atoms with Crippen molar-refractivity contribution in [3.05, 3.63) is 170 Å². The number of benzene rings is 6. The SMILES string of the molecule is c1ccc(-c2ccc3cc(-c4ccccccc(-c5cccc6ccccc56)c5ccccc45)ccc3c2)cc1. The predicted octanol–water partition coefficient (Wildman–Crippen LogP) is 11.3. The van der Waals surface area contributed by atoms with Crippen LogP contribution >= 0.6 is 0 Å². The van der Waals surface area contributed by atoms with Crippen LogP contribution in [-0.2, 0) is 0 Å². The summed E-state index contributed by atoms with van der Waals surface area (Å²) in [4.78, 5) is 0. The smallest absolute Gasteiger partial charge is 0.00990 e. The van der Waals surface area contributed by atoms with Crippen LogP contribution in [-0.4, -0.2) is 0 Å². The van der Waals surface area contributed by atoms with E-state index in [1.165, 1.54) is 65.7 Å². The van der Waals surface area contributed by atoms with Crippen LogP contribution in [0, 0.1) is 0 Å². The van der Waals surface area contributed by atoms with Gasteiger partial charge in [0.25, 0.3) is 0 Å². The van der Waals surface area contributed by atoms with Gasteiger partial charge in [0.15, 0.2) is 0 Å². The predicted molar refractivity (Wildman–Crippen MR) is 173 cm³/mol. The Labute approximate surface area is 235 Å². The number of fused-ring (bicyclic) bond motifs is 3.